The maximum atomic E-state index is 12.5. The van der Waals surface area contributed by atoms with Crippen LogP contribution in [0.5, 0.6) is 0 Å². The van der Waals surface area contributed by atoms with Crippen molar-refractivity contribution in [3.63, 3.8) is 0 Å². The molecule has 104 valence electrons. The maximum absolute atomic E-state index is 12.5. The van der Waals surface area contributed by atoms with E-state index in [1.165, 1.54) is 0 Å². The molecule has 3 nitrogen and oxygen atoms in total. The highest BCUT2D eigenvalue weighted by Crippen LogP contribution is 2.22. The smallest absolute Gasteiger partial charge is 0.254 e. The van der Waals surface area contributed by atoms with Gasteiger partial charge in [-0.1, -0.05) is 34.5 Å². The van der Waals surface area contributed by atoms with Crippen molar-refractivity contribution < 1.29 is 4.79 Å². The molecule has 1 aliphatic heterocycles. The van der Waals surface area contributed by atoms with E-state index in [4.69, 9.17) is 11.6 Å². The SMILES string of the molecule is CCC1CN(C(=O)c2cc(Cl)cc(Br)c2)CCN1C. The molecule has 1 atom stereocenters. The Morgan fingerprint density at radius 3 is 2.79 bits per heavy atom. The van der Waals surface area contributed by atoms with Gasteiger partial charge in [0, 0.05) is 40.7 Å². The van der Waals surface area contributed by atoms with Crippen LogP contribution in [0.1, 0.15) is 23.7 Å². The van der Waals surface area contributed by atoms with Crippen LogP contribution in [0.2, 0.25) is 5.02 Å². The minimum absolute atomic E-state index is 0.0646. The van der Waals surface area contributed by atoms with Gasteiger partial charge >= 0.3 is 0 Å². The number of hydrogen-bond donors (Lipinski definition) is 0. The van der Waals surface area contributed by atoms with Gasteiger partial charge in [0.05, 0.1) is 0 Å². The second-order valence-corrected chi connectivity index (χ2v) is 6.30. The van der Waals surface area contributed by atoms with Crippen molar-refractivity contribution in [3.8, 4) is 0 Å². The minimum Gasteiger partial charge on any atom is -0.336 e. The first-order valence-corrected chi connectivity index (χ1v) is 7.64. The number of carbonyl (C=O) groups is 1. The van der Waals surface area contributed by atoms with Gasteiger partial charge in [0.1, 0.15) is 0 Å². The lowest BCUT2D eigenvalue weighted by Gasteiger charge is -2.39. The fourth-order valence-corrected chi connectivity index (χ4v) is 3.29. The first-order valence-electron chi connectivity index (χ1n) is 6.47. The van der Waals surface area contributed by atoms with Gasteiger partial charge in [-0.25, -0.2) is 0 Å². The summed E-state index contributed by atoms with van der Waals surface area (Å²) in [6, 6.07) is 5.79. The topological polar surface area (TPSA) is 23.6 Å². The Balaban J connectivity index is 2.15. The average molecular weight is 346 g/mol. The minimum atomic E-state index is 0.0646. The van der Waals surface area contributed by atoms with Crippen molar-refractivity contribution in [1.82, 2.24) is 9.80 Å². The van der Waals surface area contributed by atoms with Crippen LogP contribution in [0.25, 0.3) is 0 Å². The fraction of sp³-hybridized carbons (Fsp3) is 0.500. The van der Waals surface area contributed by atoms with E-state index < -0.39 is 0 Å². The van der Waals surface area contributed by atoms with Crippen molar-refractivity contribution in [2.24, 2.45) is 0 Å². The van der Waals surface area contributed by atoms with Gasteiger partial charge in [-0.3, -0.25) is 9.69 Å². The monoisotopic (exact) mass is 344 g/mol. The standard InChI is InChI=1S/C14H18BrClN2O/c1-3-13-9-18(5-4-17(13)2)14(19)10-6-11(15)8-12(16)7-10/h6-8,13H,3-5,9H2,1-2H3. The molecule has 1 fully saturated rings. The first kappa shape index (κ1) is 14.8. The normalized spacial score (nSPS) is 20.6. The molecule has 1 saturated heterocycles. The Morgan fingerprint density at radius 1 is 1.42 bits per heavy atom. The number of carbonyl (C=O) groups excluding carboxylic acids is 1. The van der Waals surface area contributed by atoms with Crippen molar-refractivity contribution >= 4 is 33.4 Å². The van der Waals surface area contributed by atoms with Gasteiger partial charge in [-0.2, -0.15) is 0 Å². The number of rotatable bonds is 2. The average Bonchev–Trinajstić information content (AvgIpc) is 2.37. The van der Waals surface area contributed by atoms with E-state index in [-0.39, 0.29) is 5.91 Å². The molecule has 0 N–H and O–H groups in total. The Kier molecular flexibility index (Phi) is 4.87. The molecule has 0 radical (unpaired) electrons. The van der Waals surface area contributed by atoms with E-state index in [2.05, 4.69) is 34.8 Å². The molecule has 1 aromatic rings. The molecule has 0 bridgehead atoms. The second-order valence-electron chi connectivity index (χ2n) is 4.95. The molecule has 2 rings (SSSR count). The van der Waals surface area contributed by atoms with E-state index in [9.17, 15) is 4.79 Å². The molecule has 0 spiro atoms. The number of piperazine rings is 1. The Morgan fingerprint density at radius 2 is 2.16 bits per heavy atom. The lowest BCUT2D eigenvalue weighted by atomic mass is 10.1. The summed E-state index contributed by atoms with van der Waals surface area (Å²) in [5.74, 6) is 0.0646. The molecule has 5 heteroatoms. The molecule has 1 amide bonds. The maximum Gasteiger partial charge on any atom is 0.254 e. The van der Waals surface area contributed by atoms with E-state index in [1.807, 2.05) is 11.0 Å². The molecule has 0 aromatic heterocycles. The van der Waals surface area contributed by atoms with Crippen LogP contribution >= 0.6 is 27.5 Å². The highest BCUT2D eigenvalue weighted by molar-refractivity contribution is 9.10. The zero-order chi connectivity index (χ0) is 14.0. The Labute approximate surface area is 127 Å². The van der Waals surface area contributed by atoms with E-state index in [0.717, 1.165) is 30.5 Å². The van der Waals surface area contributed by atoms with Crippen LogP contribution in [-0.2, 0) is 0 Å². The van der Waals surface area contributed by atoms with Crippen LogP contribution < -0.4 is 0 Å². The molecule has 1 heterocycles. The van der Waals surface area contributed by atoms with Crippen LogP contribution in [-0.4, -0.2) is 48.4 Å². The number of halogens is 2. The molecule has 1 aromatic carbocycles. The van der Waals surface area contributed by atoms with E-state index >= 15 is 0 Å². The van der Waals surface area contributed by atoms with Gasteiger partial charge in [0.25, 0.3) is 5.91 Å². The number of amides is 1. The molecule has 19 heavy (non-hydrogen) atoms. The zero-order valence-corrected chi connectivity index (χ0v) is 13.5. The molecule has 0 saturated carbocycles. The van der Waals surface area contributed by atoms with E-state index in [0.29, 0.717) is 16.6 Å². The fourth-order valence-electron chi connectivity index (χ4n) is 2.43. The summed E-state index contributed by atoms with van der Waals surface area (Å²) in [6.07, 6.45) is 1.06. The number of hydrogen-bond acceptors (Lipinski definition) is 2. The third-order valence-electron chi connectivity index (χ3n) is 3.65. The summed E-state index contributed by atoms with van der Waals surface area (Å²) in [5.41, 5.74) is 0.652. The molecule has 0 aliphatic carbocycles. The van der Waals surface area contributed by atoms with Gasteiger partial charge in [0.2, 0.25) is 0 Å². The molecule has 1 unspecified atom stereocenters. The van der Waals surface area contributed by atoms with Crippen molar-refractivity contribution in [2.75, 3.05) is 26.7 Å². The van der Waals surface area contributed by atoms with Crippen molar-refractivity contribution in [3.05, 3.63) is 33.3 Å². The lowest BCUT2D eigenvalue weighted by Crippen LogP contribution is -2.52. The quantitative estimate of drug-likeness (QED) is 0.821. The van der Waals surface area contributed by atoms with Crippen LogP contribution in [0.15, 0.2) is 22.7 Å². The van der Waals surface area contributed by atoms with Crippen molar-refractivity contribution in [2.45, 2.75) is 19.4 Å². The first-order chi connectivity index (χ1) is 9.01. The molecular formula is C14H18BrClN2O. The Bertz CT molecular complexity index is 460. The van der Waals surface area contributed by atoms with Crippen LogP contribution in [0, 0.1) is 0 Å². The summed E-state index contributed by atoms with van der Waals surface area (Å²) < 4.78 is 0.838. The van der Waals surface area contributed by atoms with E-state index in [1.54, 1.807) is 12.1 Å². The van der Waals surface area contributed by atoms with Crippen molar-refractivity contribution in [1.29, 1.82) is 0 Å². The Hall–Kier alpha value is -0.580. The predicted molar refractivity (Wildman–Crippen MR) is 81.8 cm³/mol. The van der Waals surface area contributed by atoms with Crippen LogP contribution in [0.3, 0.4) is 0 Å². The molecule has 1 aliphatic rings. The number of benzene rings is 1. The second kappa shape index (κ2) is 6.25. The highest BCUT2D eigenvalue weighted by Gasteiger charge is 2.26. The summed E-state index contributed by atoms with van der Waals surface area (Å²) in [4.78, 5) is 16.7. The molecular weight excluding hydrogens is 328 g/mol. The number of nitrogens with zero attached hydrogens (tertiary/aromatic N) is 2. The van der Waals surface area contributed by atoms with Gasteiger partial charge in [-0.15, -0.1) is 0 Å². The van der Waals surface area contributed by atoms with Gasteiger partial charge < -0.3 is 4.90 Å². The van der Waals surface area contributed by atoms with Gasteiger partial charge in [0.15, 0.2) is 0 Å². The third-order valence-corrected chi connectivity index (χ3v) is 4.32. The summed E-state index contributed by atoms with van der Waals surface area (Å²) in [6.45, 7) is 4.64. The zero-order valence-electron chi connectivity index (χ0n) is 11.2. The summed E-state index contributed by atoms with van der Waals surface area (Å²) in [5, 5.41) is 0.582. The highest BCUT2D eigenvalue weighted by atomic mass is 79.9. The number of likely N-dealkylation sites (N-methyl/N-ethyl adjacent to an activating group) is 1. The summed E-state index contributed by atoms with van der Waals surface area (Å²) in [7, 11) is 2.12. The lowest BCUT2D eigenvalue weighted by molar-refractivity contribution is 0.0542. The predicted octanol–water partition coefficient (Wildman–Crippen LogP) is 3.27. The third kappa shape index (κ3) is 3.50. The van der Waals surface area contributed by atoms with Crippen LogP contribution in [0.4, 0.5) is 0 Å². The largest absolute Gasteiger partial charge is 0.336 e. The summed E-state index contributed by atoms with van der Waals surface area (Å²) >= 11 is 9.38. The van der Waals surface area contributed by atoms with Gasteiger partial charge in [-0.05, 0) is 31.7 Å².